The van der Waals surface area contributed by atoms with Gasteiger partial charge in [-0.25, -0.2) is 4.39 Å². The molecule has 1 aromatic carbocycles. The molecule has 0 nitrogen and oxygen atoms in total. The largest absolute Gasteiger partial charge is 0.207 e. The summed E-state index contributed by atoms with van der Waals surface area (Å²) in [6.07, 6.45) is 0.666. The third-order valence-electron chi connectivity index (χ3n) is 2.26. The quantitative estimate of drug-likeness (QED) is 0.646. The molecule has 1 unspecified atom stereocenters. The van der Waals surface area contributed by atoms with Gasteiger partial charge in [-0.3, -0.25) is 0 Å². The predicted octanol–water partition coefficient (Wildman–Crippen LogP) is 5.33. The third kappa shape index (κ3) is 2.93. The van der Waals surface area contributed by atoms with E-state index in [1.54, 1.807) is 17.4 Å². The van der Waals surface area contributed by atoms with Crippen molar-refractivity contribution >= 4 is 43.2 Å². The standard InChI is InChI=1S/C12H9Br2FS/c13-9(11-5-6-12(14)16-11)7-8-3-1-2-4-10(8)15/h1-6,9H,7H2. The summed E-state index contributed by atoms with van der Waals surface area (Å²) in [6, 6.07) is 11.0. The molecule has 0 amide bonds. The van der Waals surface area contributed by atoms with Gasteiger partial charge in [0.1, 0.15) is 5.82 Å². The van der Waals surface area contributed by atoms with Gasteiger partial charge in [0, 0.05) is 4.88 Å². The number of hydrogen-bond acceptors (Lipinski definition) is 1. The number of benzene rings is 1. The first-order valence-electron chi connectivity index (χ1n) is 4.79. The van der Waals surface area contributed by atoms with Crippen LogP contribution in [0.2, 0.25) is 0 Å². The zero-order valence-corrected chi connectivity index (χ0v) is 12.3. The number of rotatable bonds is 3. The summed E-state index contributed by atoms with van der Waals surface area (Å²) in [5.74, 6) is -0.137. The highest BCUT2D eigenvalue weighted by atomic mass is 79.9. The molecular weight excluding hydrogens is 355 g/mol. The molecule has 0 fully saturated rings. The molecule has 1 heterocycles. The summed E-state index contributed by atoms with van der Waals surface area (Å²) < 4.78 is 14.5. The van der Waals surface area contributed by atoms with Crippen molar-refractivity contribution in [3.05, 3.63) is 56.4 Å². The second-order valence-corrected chi connectivity index (χ2v) is 7.00. The van der Waals surface area contributed by atoms with Gasteiger partial charge in [0.15, 0.2) is 0 Å². The lowest BCUT2D eigenvalue weighted by molar-refractivity contribution is 0.608. The molecule has 2 rings (SSSR count). The van der Waals surface area contributed by atoms with Crippen LogP contribution in [0.15, 0.2) is 40.2 Å². The van der Waals surface area contributed by atoms with Crippen LogP contribution in [0.3, 0.4) is 0 Å². The van der Waals surface area contributed by atoms with Gasteiger partial charge in [-0.05, 0) is 46.1 Å². The van der Waals surface area contributed by atoms with Gasteiger partial charge in [-0.1, -0.05) is 34.1 Å². The Morgan fingerprint density at radius 3 is 2.56 bits per heavy atom. The maximum absolute atomic E-state index is 13.4. The fourth-order valence-corrected chi connectivity index (χ4v) is 3.64. The summed E-state index contributed by atoms with van der Waals surface area (Å²) in [4.78, 5) is 1.37. The van der Waals surface area contributed by atoms with Crippen LogP contribution in [-0.2, 0) is 6.42 Å². The zero-order valence-electron chi connectivity index (χ0n) is 8.29. The first kappa shape index (κ1) is 12.3. The lowest BCUT2D eigenvalue weighted by atomic mass is 10.1. The summed E-state index contributed by atoms with van der Waals surface area (Å²) >= 11 is 8.69. The van der Waals surface area contributed by atoms with Crippen molar-refractivity contribution in [2.45, 2.75) is 11.2 Å². The molecule has 0 saturated heterocycles. The monoisotopic (exact) mass is 362 g/mol. The molecule has 84 valence electrons. The average Bonchev–Trinajstić information content (AvgIpc) is 2.68. The fourth-order valence-electron chi connectivity index (χ4n) is 1.45. The second-order valence-electron chi connectivity index (χ2n) is 3.40. The Kier molecular flexibility index (Phi) is 4.16. The van der Waals surface area contributed by atoms with E-state index >= 15 is 0 Å². The molecule has 0 bridgehead atoms. The molecule has 0 aliphatic carbocycles. The topological polar surface area (TPSA) is 0 Å². The minimum atomic E-state index is -0.137. The molecule has 16 heavy (non-hydrogen) atoms. The van der Waals surface area contributed by atoms with Crippen LogP contribution >= 0.6 is 43.2 Å². The second kappa shape index (κ2) is 5.43. The van der Waals surface area contributed by atoms with Crippen molar-refractivity contribution in [2.24, 2.45) is 0 Å². The van der Waals surface area contributed by atoms with E-state index in [4.69, 9.17) is 0 Å². The molecule has 0 radical (unpaired) electrons. The van der Waals surface area contributed by atoms with E-state index in [0.717, 1.165) is 9.35 Å². The van der Waals surface area contributed by atoms with Crippen molar-refractivity contribution in [1.82, 2.24) is 0 Å². The van der Waals surface area contributed by atoms with Gasteiger partial charge in [0.2, 0.25) is 0 Å². The lowest BCUT2D eigenvalue weighted by Gasteiger charge is -2.08. The molecule has 0 aliphatic rings. The van der Waals surface area contributed by atoms with E-state index in [1.165, 1.54) is 10.9 Å². The molecule has 1 aromatic heterocycles. The van der Waals surface area contributed by atoms with Crippen LogP contribution in [0.5, 0.6) is 0 Å². The smallest absolute Gasteiger partial charge is 0.126 e. The fraction of sp³-hybridized carbons (Fsp3) is 0.167. The van der Waals surface area contributed by atoms with E-state index in [9.17, 15) is 4.39 Å². The third-order valence-corrected chi connectivity index (χ3v) is 5.12. The number of thiophene rings is 1. The predicted molar refractivity (Wildman–Crippen MR) is 73.8 cm³/mol. The number of hydrogen-bond donors (Lipinski definition) is 0. The number of alkyl halides is 1. The van der Waals surface area contributed by atoms with Crippen LogP contribution in [0.1, 0.15) is 15.3 Å². The van der Waals surface area contributed by atoms with Crippen molar-refractivity contribution in [3.63, 3.8) is 0 Å². The van der Waals surface area contributed by atoms with Crippen molar-refractivity contribution < 1.29 is 4.39 Å². The van der Waals surface area contributed by atoms with Gasteiger partial charge >= 0.3 is 0 Å². The molecule has 0 saturated carbocycles. The van der Waals surface area contributed by atoms with Crippen molar-refractivity contribution in [1.29, 1.82) is 0 Å². The Morgan fingerprint density at radius 2 is 1.94 bits per heavy atom. The minimum Gasteiger partial charge on any atom is -0.207 e. The number of halogens is 3. The molecule has 0 N–H and O–H groups in total. The average molecular weight is 364 g/mol. The van der Waals surface area contributed by atoms with Gasteiger partial charge in [-0.15, -0.1) is 11.3 Å². The normalized spacial score (nSPS) is 12.7. The van der Waals surface area contributed by atoms with Crippen LogP contribution in [0.25, 0.3) is 0 Å². The van der Waals surface area contributed by atoms with Crippen molar-refractivity contribution in [3.8, 4) is 0 Å². The van der Waals surface area contributed by atoms with Gasteiger partial charge < -0.3 is 0 Å². The Bertz CT molecular complexity index is 481. The first-order chi connectivity index (χ1) is 7.66. The van der Waals surface area contributed by atoms with Gasteiger partial charge in [-0.2, -0.15) is 0 Å². The maximum Gasteiger partial charge on any atom is 0.126 e. The van der Waals surface area contributed by atoms with Gasteiger partial charge in [0.25, 0.3) is 0 Å². The Hall–Kier alpha value is -0.190. The van der Waals surface area contributed by atoms with E-state index in [0.29, 0.717) is 6.42 Å². The molecule has 4 heteroatoms. The Labute approximate surface area is 115 Å². The Balaban J connectivity index is 2.13. The summed E-state index contributed by atoms with van der Waals surface area (Å²) in [5.41, 5.74) is 0.744. The highest BCUT2D eigenvalue weighted by molar-refractivity contribution is 9.11. The van der Waals surface area contributed by atoms with Crippen LogP contribution in [-0.4, -0.2) is 0 Å². The van der Waals surface area contributed by atoms with E-state index in [1.807, 2.05) is 18.2 Å². The molecule has 0 spiro atoms. The summed E-state index contributed by atoms with van der Waals surface area (Å²) in [7, 11) is 0. The van der Waals surface area contributed by atoms with E-state index in [2.05, 4.69) is 37.9 Å². The molecule has 0 aliphatic heterocycles. The summed E-state index contributed by atoms with van der Waals surface area (Å²) in [5, 5.41) is 0. The first-order valence-corrected chi connectivity index (χ1v) is 7.32. The molecule has 2 aromatic rings. The minimum absolute atomic E-state index is 0.137. The SMILES string of the molecule is Fc1ccccc1CC(Br)c1ccc(Br)s1. The lowest BCUT2D eigenvalue weighted by Crippen LogP contribution is -1.95. The van der Waals surface area contributed by atoms with E-state index in [-0.39, 0.29) is 10.6 Å². The van der Waals surface area contributed by atoms with Crippen LogP contribution in [0.4, 0.5) is 4.39 Å². The van der Waals surface area contributed by atoms with Crippen LogP contribution < -0.4 is 0 Å². The molecule has 1 atom stereocenters. The molecular formula is C12H9Br2FS. The van der Waals surface area contributed by atoms with E-state index < -0.39 is 0 Å². The summed E-state index contributed by atoms with van der Waals surface area (Å²) in [6.45, 7) is 0. The van der Waals surface area contributed by atoms with Gasteiger partial charge in [0.05, 0.1) is 8.61 Å². The highest BCUT2D eigenvalue weighted by Gasteiger charge is 2.12. The Morgan fingerprint density at radius 1 is 1.19 bits per heavy atom. The highest BCUT2D eigenvalue weighted by Crippen LogP contribution is 2.34. The zero-order chi connectivity index (χ0) is 11.5. The van der Waals surface area contributed by atoms with Crippen molar-refractivity contribution in [2.75, 3.05) is 0 Å². The maximum atomic E-state index is 13.4. The van der Waals surface area contributed by atoms with Crippen LogP contribution in [0, 0.1) is 5.82 Å².